The lowest BCUT2D eigenvalue weighted by molar-refractivity contribution is -0.132. The molecule has 4 nitrogen and oxygen atoms in total. The van der Waals surface area contributed by atoms with Crippen molar-refractivity contribution in [2.75, 3.05) is 18.4 Å². The summed E-state index contributed by atoms with van der Waals surface area (Å²) in [6.07, 6.45) is 5.24. The first kappa shape index (κ1) is 12.9. The van der Waals surface area contributed by atoms with Gasteiger partial charge >= 0.3 is 0 Å². The summed E-state index contributed by atoms with van der Waals surface area (Å²) >= 11 is 0. The van der Waals surface area contributed by atoms with E-state index in [1.807, 2.05) is 30.9 Å². The largest absolute Gasteiger partial charge is 0.358 e. The van der Waals surface area contributed by atoms with Gasteiger partial charge in [0.1, 0.15) is 11.9 Å². The Labute approximate surface area is 108 Å². The quantitative estimate of drug-likeness (QED) is 0.890. The summed E-state index contributed by atoms with van der Waals surface area (Å²) in [7, 11) is 0. The smallest absolute Gasteiger partial charge is 0.244 e. The zero-order valence-corrected chi connectivity index (χ0v) is 11.1. The molecule has 98 valence electrons. The number of aromatic nitrogens is 1. The fraction of sp³-hybridized carbons (Fsp3) is 0.571. The van der Waals surface area contributed by atoms with Gasteiger partial charge in [-0.15, -0.1) is 0 Å². The molecule has 1 N–H and O–H groups in total. The molecule has 1 amide bonds. The second-order valence-corrected chi connectivity index (χ2v) is 4.92. The number of piperidine rings is 1. The summed E-state index contributed by atoms with van der Waals surface area (Å²) in [5.74, 6) is 0.982. The Bertz CT molecular complexity index is 413. The minimum atomic E-state index is -0.211. The minimum Gasteiger partial charge on any atom is -0.358 e. The van der Waals surface area contributed by atoms with Crippen molar-refractivity contribution in [3.05, 3.63) is 23.9 Å². The maximum atomic E-state index is 12.2. The van der Waals surface area contributed by atoms with Gasteiger partial charge in [0.25, 0.3) is 0 Å². The maximum Gasteiger partial charge on any atom is 0.244 e. The number of nitrogens with zero attached hydrogens (tertiary/aromatic N) is 2. The molecule has 1 unspecified atom stereocenters. The Morgan fingerprint density at radius 1 is 1.39 bits per heavy atom. The highest BCUT2D eigenvalue weighted by Crippen LogP contribution is 2.14. The number of amides is 1. The van der Waals surface area contributed by atoms with E-state index >= 15 is 0 Å². The van der Waals surface area contributed by atoms with Crippen LogP contribution in [0.5, 0.6) is 0 Å². The molecule has 1 aliphatic heterocycles. The first-order chi connectivity index (χ1) is 8.68. The molecule has 0 radical (unpaired) electrons. The molecule has 1 aromatic heterocycles. The van der Waals surface area contributed by atoms with Gasteiger partial charge in [0, 0.05) is 19.3 Å². The van der Waals surface area contributed by atoms with Crippen LogP contribution in [0.15, 0.2) is 18.3 Å². The van der Waals surface area contributed by atoms with Crippen LogP contribution in [0, 0.1) is 6.92 Å². The number of nitrogens with one attached hydrogen (secondary N) is 1. The van der Waals surface area contributed by atoms with Crippen molar-refractivity contribution in [1.29, 1.82) is 0 Å². The minimum absolute atomic E-state index is 0.180. The van der Waals surface area contributed by atoms with Crippen LogP contribution in [-0.4, -0.2) is 34.9 Å². The number of carbonyl (C=O) groups excluding carboxylic acids is 1. The van der Waals surface area contributed by atoms with Crippen molar-refractivity contribution >= 4 is 11.7 Å². The summed E-state index contributed by atoms with van der Waals surface area (Å²) in [6.45, 7) is 5.69. The molecule has 1 aliphatic rings. The third-order valence-corrected chi connectivity index (χ3v) is 3.40. The number of anilines is 1. The van der Waals surface area contributed by atoms with Crippen molar-refractivity contribution in [2.45, 2.75) is 39.2 Å². The van der Waals surface area contributed by atoms with Gasteiger partial charge in [-0.05, 0) is 44.7 Å². The van der Waals surface area contributed by atoms with Crippen molar-refractivity contribution in [3.8, 4) is 0 Å². The maximum absolute atomic E-state index is 12.2. The van der Waals surface area contributed by atoms with Crippen molar-refractivity contribution in [2.24, 2.45) is 0 Å². The van der Waals surface area contributed by atoms with Crippen molar-refractivity contribution in [1.82, 2.24) is 9.88 Å². The standard InChI is InChI=1S/C14H21N3O/c1-11-7-6-8-15-13(11)16-12(2)14(18)17-9-4-3-5-10-17/h6-8,12H,3-5,9-10H2,1-2H3,(H,15,16). The van der Waals surface area contributed by atoms with Crippen LogP contribution in [0.1, 0.15) is 31.7 Å². The Kier molecular flexibility index (Phi) is 4.18. The number of rotatable bonds is 3. The molecule has 18 heavy (non-hydrogen) atoms. The molecule has 2 heterocycles. The lowest BCUT2D eigenvalue weighted by atomic mass is 10.1. The van der Waals surface area contributed by atoms with E-state index in [0.29, 0.717) is 0 Å². The number of likely N-dealkylation sites (tertiary alicyclic amines) is 1. The first-order valence-corrected chi connectivity index (χ1v) is 6.65. The average molecular weight is 247 g/mol. The number of hydrogen-bond acceptors (Lipinski definition) is 3. The third-order valence-electron chi connectivity index (χ3n) is 3.40. The molecule has 4 heteroatoms. The van der Waals surface area contributed by atoms with Crippen molar-refractivity contribution in [3.63, 3.8) is 0 Å². The van der Waals surface area contributed by atoms with E-state index in [1.54, 1.807) is 6.20 Å². The lowest BCUT2D eigenvalue weighted by Crippen LogP contribution is -2.44. The molecule has 1 aromatic rings. The average Bonchev–Trinajstić information content (AvgIpc) is 2.41. The fourth-order valence-corrected chi connectivity index (χ4v) is 2.29. The van der Waals surface area contributed by atoms with Gasteiger partial charge in [0.05, 0.1) is 0 Å². The highest BCUT2D eigenvalue weighted by molar-refractivity contribution is 5.84. The molecule has 0 saturated carbocycles. The van der Waals surface area contributed by atoms with Gasteiger partial charge in [-0.2, -0.15) is 0 Å². The molecule has 0 aliphatic carbocycles. The Morgan fingerprint density at radius 3 is 2.78 bits per heavy atom. The molecule has 1 fully saturated rings. The van der Waals surface area contributed by atoms with Crippen LogP contribution in [0.3, 0.4) is 0 Å². The summed E-state index contributed by atoms with van der Waals surface area (Å²) in [6, 6.07) is 3.68. The normalized spacial score (nSPS) is 17.3. The highest BCUT2D eigenvalue weighted by atomic mass is 16.2. The number of aryl methyl sites for hydroxylation is 1. The Balaban J connectivity index is 1.96. The zero-order chi connectivity index (χ0) is 13.0. The molecular weight excluding hydrogens is 226 g/mol. The van der Waals surface area contributed by atoms with Crippen LogP contribution in [-0.2, 0) is 4.79 Å². The second-order valence-electron chi connectivity index (χ2n) is 4.92. The van der Waals surface area contributed by atoms with Gasteiger partial charge < -0.3 is 10.2 Å². The summed E-state index contributed by atoms with van der Waals surface area (Å²) < 4.78 is 0. The molecule has 0 bridgehead atoms. The lowest BCUT2D eigenvalue weighted by Gasteiger charge is -2.29. The number of carbonyl (C=O) groups is 1. The van der Waals surface area contributed by atoms with Crippen LogP contribution in [0.25, 0.3) is 0 Å². The Morgan fingerprint density at radius 2 is 2.11 bits per heavy atom. The topological polar surface area (TPSA) is 45.2 Å². The number of pyridine rings is 1. The van der Waals surface area contributed by atoms with E-state index in [9.17, 15) is 4.79 Å². The van der Waals surface area contributed by atoms with E-state index in [0.717, 1.165) is 37.3 Å². The predicted molar refractivity (Wildman–Crippen MR) is 72.5 cm³/mol. The Hall–Kier alpha value is -1.58. The van der Waals surface area contributed by atoms with Crippen molar-refractivity contribution < 1.29 is 4.79 Å². The highest BCUT2D eigenvalue weighted by Gasteiger charge is 2.22. The summed E-state index contributed by atoms with van der Waals surface area (Å²) in [4.78, 5) is 18.5. The zero-order valence-electron chi connectivity index (χ0n) is 11.1. The van der Waals surface area contributed by atoms with Gasteiger partial charge in [0.15, 0.2) is 0 Å². The monoisotopic (exact) mass is 247 g/mol. The SMILES string of the molecule is Cc1cccnc1NC(C)C(=O)N1CCCCC1. The molecule has 2 rings (SSSR count). The van der Waals surface area contributed by atoms with Gasteiger partial charge in [-0.25, -0.2) is 4.98 Å². The van der Waals surface area contributed by atoms with Crippen LogP contribution in [0.4, 0.5) is 5.82 Å². The second kappa shape index (κ2) is 5.85. The number of hydrogen-bond donors (Lipinski definition) is 1. The summed E-state index contributed by atoms with van der Waals surface area (Å²) in [5, 5.41) is 3.20. The van der Waals surface area contributed by atoms with E-state index in [1.165, 1.54) is 6.42 Å². The van der Waals surface area contributed by atoms with E-state index < -0.39 is 0 Å². The van der Waals surface area contributed by atoms with Gasteiger partial charge in [-0.1, -0.05) is 6.07 Å². The predicted octanol–water partition coefficient (Wildman–Crippen LogP) is 2.20. The van der Waals surface area contributed by atoms with Crippen LogP contribution in [0.2, 0.25) is 0 Å². The van der Waals surface area contributed by atoms with Gasteiger partial charge in [-0.3, -0.25) is 4.79 Å². The van der Waals surface area contributed by atoms with E-state index in [2.05, 4.69) is 10.3 Å². The first-order valence-electron chi connectivity index (χ1n) is 6.65. The fourth-order valence-electron chi connectivity index (χ4n) is 2.29. The van der Waals surface area contributed by atoms with Crippen LogP contribution < -0.4 is 5.32 Å². The van der Waals surface area contributed by atoms with Gasteiger partial charge in [0.2, 0.25) is 5.91 Å². The molecule has 1 saturated heterocycles. The molecule has 0 aromatic carbocycles. The van der Waals surface area contributed by atoms with E-state index in [-0.39, 0.29) is 11.9 Å². The molecule has 0 spiro atoms. The summed E-state index contributed by atoms with van der Waals surface area (Å²) in [5.41, 5.74) is 1.07. The molecular formula is C14H21N3O. The van der Waals surface area contributed by atoms with E-state index in [4.69, 9.17) is 0 Å². The third kappa shape index (κ3) is 3.00. The molecule has 1 atom stereocenters. The van der Waals surface area contributed by atoms with Crippen LogP contribution >= 0.6 is 0 Å².